The lowest BCUT2D eigenvalue weighted by molar-refractivity contribution is 0.702. The van der Waals surface area contributed by atoms with Crippen LogP contribution in [0.1, 0.15) is 37.9 Å². The summed E-state index contributed by atoms with van der Waals surface area (Å²) in [7, 11) is 1.97. The van der Waals surface area contributed by atoms with Gasteiger partial charge in [0.05, 0.1) is 5.69 Å². The normalized spacial score (nSPS) is 11.0. The number of hydrogen-bond donors (Lipinski definition) is 1. The van der Waals surface area contributed by atoms with Gasteiger partial charge in [-0.15, -0.1) is 0 Å². The van der Waals surface area contributed by atoms with Crippen molar-refractivity contribution in [2.75, 3.05) is 6.54 Å². The maximum absolute atomic E-state index is 4.46. The molecule has 1 aromatic heterocycles. The first kappa shape index (κ1) is 12.0. The Morgan fingerprint density at radius 3 is 2.80 bits per heavy atom. The van der Waals surface area contributed by atoms with Crippen molar-refractivity contribution in [3.63, 3.8) is 0 Å². The molecular weight excluding hydrogens is 186 g/mol. The Hall–Kier alpha value is -1.09. The molecule has 0 fully saturated rings. The molecule has 0 unspecified atom stereocenters. The molecule has 0 bridgehead atoms. The quantitative estimate of drug-likeness (QED) is 0.750. The fourth-order valence-corrected chi connectivity index (χ4v) is 1.59. The van der Waals surface area contributed by atoms with Gasteiger partial charge < -0.3 is 5.32 Å². The first-order chi connectivity index (χ1) is 7.00. The van der Waals surface area contributed by atoms with E-state index in [9.17, 15) is 0 Å². The van der Waals surface area contributed by atoms with Crippen molar-refractivity contribution in [2.24, 2.45) is 7.05 Å². The van der Waals surface area contributed by atoms with Crippen LogP contribution in [0.5, 0.6) is 0 Å². The van der Waals surface area contributed by atoms with Crippen molar-refractivity contribution >= 4 is 0 Å². The summed E-state index contributed by atoms with van der Waals surface area (Å²) >= 11 is 0. The fraction of sp³-hybridized carbons (Fsp3) is 0.583. The second-order valence-electron chi connectivity index (χ2n) is 4.43. The molecule has 84 valence electrons. The number of nitrogens with zero attached hydrogens (tertiary/aromatic N) is 2. The third-order valence-electron chi connectivity index (χ3n) is 2.23. The molecule has 3 heteroatoms. The van der Waals surface area contributed by atoms with Crippen LogP contribution in [0.25, 0.3) is 0 Å². The van der Waals surface area contributed by atoms with Crippen molar-refractivity contribution in [3.8, 4) is 0 Å². The van der Waals surface area contributed by atoms with E-state index in [0.717, 1.165) is 18.7 Å². The number of aryl methyl sites for hydroxylation is 1. The lowest BCUT2D eigenvalue weighted by Crippen LogP contribution is -2.16. The highest BCUT2D eigenvalue weighted by molar-refractivity contribution is 5.20. The molecule has 1 N–H and O–H groups in total. The van der Waals surface area contributed by atoms with Crippen molar-refractivity contribution < 1.29 is 0 Å². The van der Waals surface area contributed by atoms with E-state index in [-0.39, 0.29) is 0 Å². The van der Waals surface area contributed by atoms with Gasteiger partial charge in [0, 0.05) is 31.9 Å². The van der Waals surface area contributed by atoms with Crippen LogP contribution in [-0.4, -0.2) is 16.3 Å². The van der Waals surface area contributed by atoms with Crippen LogP contribution in [0.2, 0.25) is 0 Å². The first-order valence-electron chi connectivity index (χ1n) is 5.38. The molecule has 0 radical (unpaired) electrons. The Labute approximate surface area is 92.2 Å². The zero-order valence-corrected chi connectivity index (χ0v) is 10.2. The summed E-state index contributed by atoms with van der Waals surface area (Å²) in [5.41, 5.74) is 3.63. The molecule has 0 saturated heterocycles. The van der Waals surface area contributed by atoms with Gasteiger partial charge in [-0.2, -0.15) is 5.10 Å². The topological polar surface area (TPSA) is 29.9 Å². The summed E-state index contributed by atoms with van der Waals surface area (Å²) in [4.78, 5) is 0. The summed E-state index contributed by atoms with van der Waals surface area (Å²) < 4.78 is 1.88. The van der Waals surface area contributed by atoms with Crippen LogP contribution < -0.4 is 5.32 Å². The molecule has 0 spiro atoms. The molecule has 0 aliphatic rings. The highest BCUT2D eigenvalue weighted by atomic mass is 15.3. The van der Waals surface area contributed by atoms with E-state index in [0.29, 0.717) is 5.92 Å². The van der Waals surface area contributed by atoms with E-state index < -0.39 is 0 Å². The SMILES string of the molecule is C=C(C)CNCc1cn(C)nc1C(C)C. The Balaban J connectivity index is 2.63. The van der Waals surface area contributed by atoms with Crippen LogP contribution in [0.15, 0.2) is 18.3 Å². The molecule has 0 aliphatic carbocycles. The Morgan fingerprint density at radius 1 is 1.60 bits per heavy atom. The molecule has 0 atom stereocenters. The molecule has 1 aromatic rings. The van der Waals surface area contributed by atoms with Gasteiger partial charge in [-0.1, -0.05) is 26.0 Å². The second-order valence-corrected chi connectivity index (χ2v) is 4.43. The minimum Gasteiger partial charge on any atom is -0.309 e. The fourth-order valence-electron chi connectivity index (χ4n) is 1.59. The minimum atomic E-state index is 0.479. The first-order valence-corrected chi connectivity index (χ1v) is 5.38. The smallest absolute Gasteiger partial charge is 0.0694 e. The monoisotopic (exact) mass is 207 g/mol. The van der Waals surface area contributed by atoms with Crippen molar-refractivity contribution in [2.45, 2.75) is 33.2 Å². The Bertz CT molecular complexity index is 337. The lowest BCUT2D eigenvalue weighted by atomic mass is 10.1. The number of nitrogens with one attached hydrogen (secondary N) is 1. The maximum Gasteiger partial charge on any atom is 0.0694 e. The van der Waals surface area contributed by atoms with Crippen molar-refractivity contribution in [3.05, 3.63) is 29.6 Å². The molecule has 0 aromatic carbocycles. The number of aromatic nitrogens is 2. The second kappa shape index (κ2) is 5.12. The largest absolute Gasteiger partial charge is 0.309 e. The van der Waals surface area contributed by atoms with Gasteiger partial charge in [-0.25, -0.2) is 0 Å². The van der Waals surface area contributed by atoms with Gasteiger partial charge in [-0.3, -0.25) is 4.68 Å². The van der Waals surface area contributed by atoms with Gasteiger partial charge in [0.1, 0.15) is 0 Å². The Kier molecular flexibility index (Phi) is 4.09. The van der Waals surface area contributed by atoms with Gasteiger partial charge in [0.2, 0.25) is 0 Å². The van der Waals surface area contributed by atoms with E-state index in [1.54, 1.807) is 0 Å². The molecule has 0 aliphatic heterocycles. The van der Waals surface area contributed by atoms with E-state index >= 15 is 0 Å². The average Bonchev–Trinajstić information content (AvgIpc) is 2.46. The van der Waals surface area contributed by atoms with Gasteiger partial charge >= 0.3 is 0 Å². The zero-order chi connectivity index (χ0) is 11.4. The molecule has 0 amide bonds. The van der Waals surface area contributed by atoms with Gasteiger partial charge in [-0.05, 0) is 12.8 Å². The van der Waals surface area contributed by atoms with E-state index in [1.807, 2.05) is 18.7 Å². The van der Waals surface area contributed by atoms with E-state index in [4.69, 9.17) is 0 Å². The number of rotatable bonds is 5. The average molecular weight is 207 g/mol. The molecular formula is C12H21N3. The standard InChI is InChI=1S/C12H21N3/c1-9(2)6-13-7-11-8-15(5)14-12(11)10(3)4/h8,10,13H,1,6-7H2,2-5H3. The predicted molar refractivity (Wildman–Crippen MR) is 63.8 cm³/mol. The Morgan fingerprint density at radius 2 is 2.27 bits per heavy atom. The predicted octanol–water partition coefficient (Wildman–Crippen LogP) is 2.21. The molecule has 1 rings (SSSR count). The molecule has 0 saturated carbocycles. The summed E-state index contributed by atoms with van der Waals surface area (Å²) in [6.45, 7) is 12.0. The molecule has 15 heavy (non-hydrogen) atoms. The van der Waals surface area contributed by atoms with Gasteiger partial charge in [0.25, 0.3) is 0 Å². The van der Waals surface area contributed by atoms with Crippen LogP contribution in [-0.2, 0) is 13.6 Å². The van der Waals surface area contributed by atoms with Crippen LogP contribution in [0.3, 0.4) is 0 Å². The third kappa shape index (κ3) is 3.51. The maximum atomic E-state index is 4.46. The van der Waals surface area contributed by atoms with Crippen LogP contribution in [0.4, 0.5) is 0 Å². The summed E-state index contributed by atoms with van der Waals surface area (Å²) in [5, 5.41) is 7.82. The van der Waals surface area contributed by atoms with E-state index in [1.165, 1.54) is 11.3 Å². The number of hydrogen-bond acceptors (Lipinski definition) is 2. The lowest BCUT2D eigenvalue weighted by Gasteiger charge is -2.06. The summed E-state index contributed by atoms with van der Waals surface area (Å²) in [6, 6.07) is 0. The third-order valence-corrected chi connectivity index (χ3v) is 2.23. The molecule has 3 nitrogen and oxygen atoms in total. The highest BCUT2D eigenvalue weighted by Crippen LogP contribution is 2.16. The zero-order valence-electron chi connectivity index (χ0n) is 10.2. The van der Waals surface area contributed by atoms with E-state index in [2.05, 4.69) is 37.0 Å². The highest BCUT2D eigenvalue weighted by Gasteiger charge is 2.10. The van der Waals surface area contributed by atoms with Crippen LogP contribution >= 0.6 is 0 Å². The summed E-state index contributed by atoms with van der Waals surface area (Å²) in [6.07, 6.45) is 2.08. The van der Waals surface area contributed by atoms with Gasteiger partial charge in [0.15, 0.2) is 0 Å². The molecule has 1 heterocycles. The minimum absolute atomic E-state index is 0.479. The van der Waals surface area contributed by atoms with Crippen LogP contribution in [0, 0.1) is 0 Å². The summed E-state index contributed by atoms with van der Waals surface area (Å²) in [5.74, 6) is 0.479. The van der Waals surface area contributed by atoms with Crippen molar-refractivity contribution in [1.82, 2.24) is 15.1 Å². The van der Waals surface area contributed by atoms with Crippen molar-refractivity contribution in [1.29, 1.82) is 0 Å².